The Kier molecular flexibility index (Phi) is 4.88. The van der Waals surface area contributed by atoms with Gasteiger partial charge in [0, 0.05) is 12.1 Å². The summed E-state index contributed by atoms with van der Waals surface area (Å²) in [6.07, 6.45) is 1.48. The molecule has 1 heterocycles. The maximum atomic E-state index is 12.3. The molecule has 7 heteroatoms. The molecule has 3 aromatic rings. The number of phenolic OH excluding ortho intramolecular Hbond substituents is 1. The summed E-state index contributed by atoms with van der Waals surface area (Å²) in [5, 5.41) is 13.5. The number of fused-ring (bicyclic) bond motifs is 1. The molecule has 7 nitrogen and oxygen atoms in total. The van der Waals surface area contributed by atoms with Crippen LogP contribution in [0.25, 0.3) is 11.0 Å². The number of amides is 1. The molecule has 0 saturated carbocycles. The number of benzene rings is 2. The molecule has 0 aliphatic heterocycles. The molecule has 0 unspecified atom stereocenters. The van der Waals surface area contributed by atoms with E-state index in [4.69, 9.17) is 4.74 Å². The molecule has 0 fully saturated rings. The zero-order valence-electron chi connectivity index (χ0n) is 14.9. The van der Waals surface area contributed by atoms with Crippen molar-refractivity contribution < 1.29 is 14.6 Å². The first kappa shape index (κ1) is 17.5. The Morgan fingerprint density at radius 3 is 2.88 bits per heavy atom. The largest absolute Gasteiger partial charge is 0.504 e. The van der Waals surface area contributed by atoms with Gasteiger partial charge in [-0.3, -0.25) is 4.79 Å². The van der Waals surface area contributed by atoms with Crippen LogP contribution in [-0.2, 0) is 6.54 Å². The second-order valence-electron chi connectivity index (χ2n) is 5.74. The predicted octanol–water partition coefficient (Wildman–Crippen LogP) is 2.84. The fourth-order valence-corrected chi connectivity index (χ4v) is 2.80. The van der Waals surface area contributed by atoms with Crippen LogP contribution in [0.3, 0.4) is 0 Å². The van der Waals surface area contributed by atoms with Crippen LogP contribution >= 0.6 is 0 Å². The predicted molar refractivity (Wildman–Crippen MR) is 99.9 cm³/mol. The summed E-state index contributed by atoms with van der Waals surface area (Å²) < 4.78 is 7.13. The lowest BCUT2D eigenvalue weighted by molar-refractivity contribution is 0.0955. The number of nitrogens with one attached hydrogen (secondary N) is 1. The first-order valence-corrected chi connectivity index (χ1v) is 8.20. The zero-order chi connectivity index (χ0) is 18.7. The van der Waals surface area contributed by atoms with Crippen LogP contribution in [0.2, 0.25) is 0 Å². The van der Waals surface area contributed by atoms with E-state index in [9.17, 15) is 9.90 Å². The fourth-order valence-electron chi connectivity index (χ4n) is 2.80. The van der Waals surface area contributed by atoms with Gasteiger partial charge in [-0.2, -0.15) is 5.10 Å². The van der Waals surface area contributed by atoms with Crippen molar-refractivity contribution in [2.75, 3.05) is 7.11 Å². The first-order valence-electron chi connectivity index (χ1n) is 8.20. The van der Waals surface area contributed by atoms with Gasteiger partial charge < -0.3 is 14.4 Å². The molecule has 2 N–H and O–H groups in total. The molecular formula is C19H20N4O3. The summed E-state index contributed by atoms with van der Waals surface area (Å²) in [4.78, 5) is 16.8. The second kappa shape index (κ2) is 7.26. The number of nitrogens with zero attached hydrogens (tertiary/aromatic N) is 3. The number of aromatic nitrogens is 2. The number of hydrogen-bond donors (Lipinski definition) is 2. The molecule has 0 spiro atoms. The van der Waals surface area contributed by atoms with Gasteiger partial charge >= 0.3 is 0 Å². The number of aryl methyl sites for hydroxylation is 2. The van der Waals surface area contributed by atoms with E-state index >= 15 is 0 Å². The number of phenols is 1. The molecule has 26 heavy (non-hydrogen) atoms. The zero-order valence-corrected chi connectivity index (χ0v) is 14.9. The lowest BCUT2D eigenvalue weighted by Gasteiger charge is -2.04. The minimum absolute atomic E-state index is 0.0452. The topological polar surface area (TPSA) is 88.7 Å². The van der Waals surface area contributed by atoms with Crippen molar-refractivity contribution in [3.05, 3.63) is 53.3 Å². The van der Waals surface area contributed by atoms with Crippen LogP contribution in [-0.4, -0.2) is 33.9 Å². The molecule has 0 bridgehead atoms. The Bertz CT molecular complexity index is 992. The highest BCUT2D eigenvalue weighted by atomic mass is 16.5. The van der Waals surface area contributed by atoms with Gasteiger partial charge in [0.2, 0.25) is 0 Å². The van der Waals surface area contributed by atoms with Crippen molar-refractivity contribution >= 4 is 23.2 Å². The monoisotopic (exact) mass is 352 g/mol. The van der Waals surface area contributed by atoms with Gasteiger partial charge in [0.05, 0.1) is 24.4 Å². The molecule has 0 aliphatic rings. The normalized spacial score (nSPS) is 11.2. The molecule has 1 aromatic heterocycles. The van der Waals surface area contributed by atoms with Crippen LogP contribution in [0.5, 0.6) is 11.5 Å². The minimum atomic E-state index is -0.322. The standard InChI is InChI=1S/C19H20N4O3/c1-4-23-12(2)21-15-10-14(6-7-16(15)23)19(25)22-20-11-13-5-8-17(24)18(9-13)26-3/h5-11,24H,4H2,1-3H3,(H,22,25)/b20-11+. The van der Waals surface area contributed by atoms with Crippen molar-refractivity contribution in [1.29, 1.82) is 0 Å². The molecule has 0 saturated heterocycles. The second-order valence-corrected chi connectivity index (χ2v) is 5.74. The number of hydrogen-bond acceptors (Lipinski definition) is 5. The number of rotatable bonds is 5. The average Bonchev–Trinajstić information content (AvgIpc) is 2.96. The highest BCUT2D eigenvalue weighted by Gasteiger charge is 2.10. The Balaban J connectivity index is 1.75. The third-order valence-corrected chi connectivity index (χ3v) is 4.10. The summed E-state index contributed by atoms with van der Waals surface area (Å²) in [5.74, 6) is 0.980. The Morgan fingerprint density at radius 2 is 2.15 bits per heavy atom. The molecular weight excluding hydrogens is 332 g/mol. The van der Waals surface area contributed by atoms with Crippen LogP contribution in [0, 0.1) is 6.92 Å². The molecule has 1 amide bonds. The molecule has 0 atom stereocenters. The average molecular weight is 352 g/mol. The number of carbonyl (C=O) groups is 1. The van der Waals surface area contributed by atoms with Gasteiger partial charge in [0.1, 0.15) is 5.82 Å². The molecule has 2 aromatic carbocycles. The van der Waals surface area contributed by atoms with Gasteiger partial charge in [0.25, 0.3) is 5.91 Å². The lowest BCUT2D eigenvalue weighted by atomic mass is 10.2. The van der Waals surface area contributed by atoms with E-state index in [1.54, 1.807) is 24.3 Å². The summed E-state index contributed by atoms with van der Waals surface area (Å²) in [5.41, 5.74) is 5.45. The van der Waals surface area contributed by atoms with Crippen molar-refractivity contribution in [2.45, 2.75) is 20.4 Å². The number of methoxy groups -OCH3 is 1. The van der Waals surface area contributed by atoms with E-state index in [1.807, 2.05) is 13.0 Å². The lowest BCUT2D eigenvalue weighted by Crippen LogP contribution is -2.17. The minimum Gasteiger partial charge on any atom is -0.504 e. The van der Waals surface area contributed by atoms with Gasteiger partial charge in [-0.25, -0.2) is 10.4 Å². The van der Waals surface area contributed by atoms with E-state index in [0.717, 1.165) is 23.4 Å². The third-order valence-electron chi connectivity index (χ3n) is 4.10. The molecule has 3 rings (SSSR count). The number of carbonyl (C=O) groups excluding carboxylic acids is 1. The van der Waals surface area contributed by atoms with Crippen molar-refractivity contribution in [3.8, 4) is 11.5 Å². The van der Waals surface area contributed by atoms with E-state index in [2.05, 4.69) is 27.0 Å². The first-order chi connectivity index (χ1) is 12.5. The number of imidazole rings is 1. The van der Waals surface area contributed by atoms with Gasteiger partial charge in [-0.1, -0.05) is 0 Å². The van der Waals surface area contributed by atoms with Crippen LogP contribution in [0.4, 0.5) is 0 Å². The van der Waals surface area contributed by atoms with Crippen molar-refractivity contribution in [3.63, 3.8) is 0 Å². The summed E-state index contributed by atoms with van der Waals surface area (Å²) in [6, 6.07) is 10.2. The molecule has 0 radical (unpaired) electrons. The van der Waals surface area contributed by atoms with Crippen LogP contribution < -0.4 is 10.2 Å². The molecule has 0 aliphatic carbocycles. The van der Waals surface area contributed by atoms with Gasteiger partial charge in [-0.15, -0.1) is 0 Å². The van der Waals surface area contributed by atoms with E-state index in [1.165, 1.54) is 19.4 Å². The highest BCUT2D eigenvalue weighted by molar-refractivity contribution is 5.98. The summed E-state index contributed by atoms with van der Waals surface area (Å²) in [6.45, 7) is 4.83. The van der Waals surface area contributed by atoms with E-state index in [0.29, 0.717) is 16.9 Å². The smallest absolute Gasteiger partial charge is 0.271 e. The number of ether oxygens (including phenoxy) is 1. The van der Waals surface area contributed by atoms with Crippen LogP contribution in [0.15, 0.2) is 41.5 Å². The van der Waals surface area contributed by atoms with Crippen molar-refractivity contribution in [1.82, 2.24) is 15.0 Å². The number of aromatic hydroxyl groups is 1. The van der Waals surface area contributed by atoms with Crippen molar-refractivity contribution in [2.24, 2.45) is 5.10 Å². The van der Waals surface area contributed by atoms with E-state index in [-0.39, 0.29) is 11.7 Å². The van der Waals surface area contributed by atoms with E-state index < -0.39 is 0 Å². The Labute approximate surface area is 150 Å². The highest BCUT2D eigenvalue weighted by Crippen LogP contribution is 2.25. The van der Waals surface area contributed by atoms with Gasteiger partial charge in [-0.05, 0) is 55.8 Å². The maximum Gasteiger partial charge on any atom is 0.271 e. The maximum absolute atomic E-state index is 12.3. The third kappa shape index (κ3) is 3.37. The van der Waals surface area contributed by atoms with Gasteiger partial charge in [0.15, 0.2) is 11.5 Å². The summed E-state index contributed by atoms with van der Waals surface area (Å²) >= 11 is 0. The summed E-state index contributed by atoms with van der Waals surface area (Å²) in [7, 11) is 1.47. The quantitative estimate of drug-likeness (QED) is 0.546. The SMILES string of the molecule is CCn1c(C)nc2cc(C(=O)N/N=C/c3ccc(O)c(OC)c3)ccc21. The number of hydrazone groups is 1. The Hall–Kier alpha value is -3.35. The molecule has 134 valence electrons. The Morgan fingerprint density at radius 1 is 1.35 bits per heavy atom. The van der Waals surface area contributed by atoms with Crippen LogP contribution in [0.1, 0.15) is 28.7 Å². The fraction of sp³-hybridized carbons (Fsp3) is 0.211.